The second-order valence-corrected chi connectivity index (χ2v) is 7.34. The zero-order valence-electron chi connectivity index (χ0n) is 16.4. The third-order valence-corrected chi connectivity index (χ3v) is 5.20. The van der Waals surface area contributed by atoms with Gasteiger partial charge in [0.25, 0.3) is 0 Å². The van der Waals surface area contributed by atoms with Crippen LogP contribution in [0.5, 0.6) is 23.0 Å². The van der Waals surface area contributed by atoms with E-state index in [1.165, 1.54) is 42.5 Å². The number of nitrogens with zero attached hydrogens (tertiary/aromatic N) is 1. The Kier molecular flexibility index (Phi) is 4.16. The van der Waals surface area contributed by atoms with E-state index in [9.17, 15) is 25.2 Å². The van der Waals surface area contributed by atoms with E-state index in [2.05, 4.69) is 4.98 Å². The molecule has 0 fully saturated rings. The van der Waals surface area contributed by atoms with Gasteiger partial charge < -0.3 is 30.6 Å². The van der Waals surface area contributed by atoms with Crippen molar-refractivity contribution in [1.82, 2.24) is 4.98 Å². The lowest BCUT2D eigenvalue weighted by Gasteiger charge is -2.12. The summed E-state index contributed by atoms with van der Waals surface area (Å²) in [5.41, 5.74) is 8.58. The lowest BCUT2D eigenvalue weighted by Crippen LogP contribution is -2.06. The minimum atomic E-state index is -0.387. The van der Waals surface area contributed by atoms with Gasteiger partial charge in [0, 0.05) is 52.2 Å². The fourth-order valence-electron chi connectivity index (χ4n) is 3.66. The Morgan fingerprint density at radius 2 is 1.34 bits per heavy atom. The number of benzene rings is 4. The first-order valence-corrected chi connectivity index (χ1v) is 9.53. The molecule has 1 aliphatic carbocycles. The van der Waals surface area contributed by atoms with Gasteiger partial charge in [-0.2, -0.15) is 0 Å². The highest BCUT2D eigenvalue weighted by molar-refractivity contribution is 5.91. The number of fused-ring (bicyclic) bond motifs is 2. The molecule has 158 valence electrons. The summed E-state index contributed by atoms with van der Waals surface area (Å²) in [5, 5.41) is 39.4. The SMILES string of the molecule is Nc1cc2oc3cc(=O)c(-c4ccc(O)cc4O)cc-3nc2cc1-c1ccc(O)cc1O. The molecule has 0 saturated heterocycles. The van der Waals surface area contributed by atoms with E-state index in [0.29, 0.717) is 33.6 Å². The van der Waals surface area contributed by atoms with E-state index >= 15 is 0 Å². The van der Waals surface area contributed by atoms with Crippen molar-refractivity contribution >= 4 is 16.8 Å². The predicted molar refractivity (Wildman–Crippen MR) is 119 cm³/mol. The maximum Gasteiger partial charge on any atom is 0.190 e. The molecule has 3 aromatic carbocycles. The molecule has 1 heterocycles. The van der Waals surface area contributed by atoms with Gasteiger partial charge >= 0.3 is 0 Å². The van der Waals surface area contributed by atoms with Crippen LogP contribution in [0.15, 0.2) is 69.9 Å². The van der Waals surface area contributed by atoms with Gasteiger partial charge in [0.2, 0.25) is 0 Å². The monoisotopic (exact) mass is 428 g/mol. The van der Waals surface area contributed by atoms with E-state index in [4.69, 9.17) is 10.2 Å². The summed E-state index contributed by atoms with van der Waals surface area (Å²) in [6, 6.07) is 14.1. The van der Waals surface area contributed by atoms with Crippen molar-refractivity contribution in [3.8, 4) is 56.7 Å². The van der Waals surface area contributed by atoms with E-state index < -0.39 is 0 Å². The average molecular weight is 428 g/mol. The van der Waals surface area contributed by atoms with Crippen molar-refractivity contribution in [2.75, 3.05) is 5.73 Å². The molecule has 0 saturated carbocycles. The molecule has 5 rings (SSSR count). The molecule has 0 unspecified atom stereocenters. The number of phenols is 4. The van der Waals surface area contributed by atoms with E-state index in [1.54, 1.807) is 12.1 Å². The van der Waals surface area contributed by atoms with Gasteiger partial charge in [-0.3, -0.25) is 4.79 Å². The summed E-state index contributed by atoms with van der Waals surface area (Å²) < 4.78 is 5.84. The Morgan fingerprint density at radius 3 is 1.97 bits per heavy atom. The number of nitrogen functional groups attached to an aromatic ring is 1. The number of aromatic hydroxyl groups is 4. The van der Waals surface area contributed by atoms with E-state index in [-0.39, 0.29) is 45.3 Å². The van der Waals surface area contributed by atoms with Crippen LogP contribution in [-0.2, 0) is 0 Å². The van der Waals surface area contributed by atoms with Crippen LogP contribution in [-0.4, -0.2) is 25.4 Å². The smallest absolute Gasteiger partial charge is 0.190 e. The second kappa shape index (κ2) is 6.92. The van der Waals surface area contributed by atoms with Crippen molar-refractivity contribution in [1.29, 1.82) is 0 Å². The standard InChI is InChI=1S/C24H16N2O6/c25-17-9-23-18(7-15(17)13-3-1-11(27)5-20(13)29)26-19-8-16(22(31)10-24(19)32-23)14-4-2-12(28)6-21(14)30/h1-10,27-30H,25H2. The molecule has 2 aliphatic rings. The number of nitrogens with two attached hydrogens (primary N) is 1. The fraction of sp³-hybridized carbons (Fsp3) is 0. The summed E-state index contributed by atoms with van der Waals surface area (Å²) in [5.74, 6) is -0.347. The van der Waals surface area contributed by atoms with Crippen LogP contribution >= 0.6 is 0 Å². The Morgan fingerprint density at radius 1 is 0.719 bits per heavy atom. The molecule has 8 heteroatoms. The molecule has 0 aromatic heterocycles. The molecule has 0 radical (unpaired) electrons. The third kappa shape index (κ3) is 3.10. The number of phenolic OH excluding ortho intramolecular Hbond substituents is 4. The Bertz CT molecular complexity index is 1560. The lowest BCUT2D eigenvalue weighted by molar-refractivity contribution is 0.451. The normalized spacial score (nSPS) is 11.2. The van der Waals surface area contributed by atoms with Crippen molar-refractivity contribution in [3.63, 3.8) is 0 Å². The van der Waals surface area contributed by atoms with Gasteiger partial charge in [0.1, 0.15) is 34.2 Å². The quantitative estimate of drug-likeness (QED) is 0.209. The highest BCUT2D eigenvalue weighted by Crippen LogP contribution is 2.39. The number of hydrogen-bond donors (Lipinski definition) is 5. The number of anilines is 1. The Balaban J connectivity index is 1.73. The van der Waals surface area contributed by atoms with Crippen molar-refractivity contribution in [2.24, 2.45) is 0 Å². The maximum atomic E-state index is 12.6. The topological polar surface area (TPSA) is 150 Å². The predicted octanol–water partition coefficient (Wildman–Crippen LogP) is 4.03. The minimum absolute atomic E-state index is 0.0804. The summed E-state index contributed by atoms with van der Waals surface area (Å²) >= 11 is 0. The van der Waals surface area contributed by atoms with Crippen molar-refractivity contribution in [2.45, 2.75) is 0 Å². The molecular formula is C24H16N2O6. The molecule has 8 nitrogen and oxygen atoms in total. The second-order valence-electron chi connectivity index (χ2n) is 7.34. The van der Waals surface area contributed by atoms with Crippen LogP contribution in [0.4, 0.5) is 5.69 Å². The van der Waals surface area contributed by atoms with Crippen molar-refractivity contribution < 1.29 is 24.8 Å². The van der Waals surface area contributed by atoms with Crippen molar-refractivity contribution in [3.05, 3.63) is 70.9 Å². The van der Waals surface area contributed by atoms with E-state index in [1.807, 2.05) is 0 Å². The highest BCUT2D eigenvalue weighted by atomic mass is 16.3. The molecule has 32 heavy (non-hydrogen) atoms. The van der Waals surface area contributed by atoms with E-state index in [0.717, 1.165) is 6.07 Å². The molecule has 1 aliphatic heterocycles. The number of rotatable bonds is 2. The van der Waals surface area contributed by atoms with Crippen LogP contribution in [0.1, 0.15) is 0 Å². The van der Waals surface area contributed by atoms with Gasteiger partial charge in [-0.05, 0) is 36.4 Å². The molecule has 6 N–H and O–H groups in total. The zero-order valence-corrected chi connectivity index (χ0v) is 16.4. The van der Waals surface area contributed by atoms with Gasteiger partial charge in [-0.1, -0.05) is 0 Å². The first-order chi connectivity index (χ1) is 15.3. The maximum absolute atomic E-state index is 12.6. The first-order valence-electron chi connectivity index (χ1n) is 9.53. The largest absolute Gasteiger partial charge is 0.508 e. The zero-order chi connectivity index (χ0) is 22.6. The molecule has 0 amide bonds. The molecule has 0 bridgehead atoms. The van der Waals surface area contributed by atoms with Crippen LogP contribution < -0.4 is 11.2 Å². The molecular weight excluding hydrogens is 412 g/mol. The number of aromatic nitrogens is 1. The summed E-state index contributed by atoms with van der Waals surface area (Å²) in [7, 11) is 0. The molecule has 0 atom stereocenters. The average Bonchev–Trinajstić information content (AvgIpc) is 2.72. The van der Waals surface area contributed by atoms with Crippen LogP contribution in [0.2, 0.25) is 0 Å². The highest BCUT2D eigenvalue weighted by Gasteiger charge is 2.18. The fourth-order valence-corrected chi connectivity index (χ4v) is 3.66. The summed E-state index contributed by atoms with van der Waals surface area (Å²) in [6.45, 7) is 0. The molecule has 0 spiro atoms. The van der Waals surface area contributed by atoms with Gasteiger partial charge in [0.05, 0.1) is 0 Å². The Hall–Kier alpha value is -4.72. The minimum Gasteiger partial charge on any atom is -0.508 e. The summed E-state index contributed by atoms with van der Waals surface area (Å²) in [4.78, 5) is 17.2. The Labute approximate surface area is 180 Å². The van der Waals surface area contributed by atoms with Crippen LogP contribution in [0.25, 0.3) is 44.8 Å². The van der Waals surface area contributed by atoms with Crippen LogP contribution in [0, 0.1) is 0 Å². The van der Waals surface area contributed by atoms with Gasteiger partial charge in [-0.15, -0.1) is 0 Å². The van der Waals surface area contributed by atoms with Gasteiger partial charge in [-0.25, -0.2) is 4.98 Å². The van der Waals surface area contributed by atoms with Gasteiger partial charge in [0.15, 0.2) is 16.8 Å². The third-order valence-electron chi connectivity index (χ3n) is 5.20. The first kappa shape index (κ1) is 19.3. The molecule has 3 aromatic rings. The lowest BCUT2D eigenvalue weighted by atomic mass is 10.0. The summed E-state index contributed by atoms with van der Waals surface area (Å²) in [6.07, 6.45) is 0. The number of hydrogen-bond acceptors (Lipinski definition) is 8. The van der Waals surface area contributed by atoms with Crippen LogP contribution in [0.3, 0.4) is 0 Å².